The lowest BCUT2D eigenvalue weighted by atomic mass is 10.2. The molecule has 0 atom stereocenters. The van der Waals surface area contributed by atoms with Gasteiger partial charge in [-0.3, -0.25) is 4.72 Å². The molecule has 2 aromatic carbocycles. The van der Waals surface area contributed by atoms with E-state index in [1.54, 1.807) is 0 Å². The smallest absolute Gasteiger partial charge is 0.264 e. The van der Waals surface area contributed by atoms with E-state index in [9.17, 15) is 12.8 Å². The maximum absolute atomic E-state index is 13.6. The standard InChI is InChI=1S/C14H11FN2O3S/c1-20-13-8-10(9-16)6-7-12(13)17-21(18,19)14-5-3-2-4-11(14)15/h2-8,17H,1H3. The summed E-state index contributed by atoms with van der Waals surface area (Å²) < 4.78 is 45.2. The molecule has 1 N–H and O–H groups in total. The molecule has 0 unspecified atom stereocenters. The lowest BCUT2D eigenvalue weighted by molar-refractivity contribution is 0.416. The number of hydrogen-bond donors (Lipinski definition) is 1. The van der Waals surface area contributed by atoms with Crippen LogP contribution in [0.1, 0.15) is 5.56 Å². The average Bonchev–Trinajstić information content (AvgIpc) is 2.47. The molecule has 0 aliphatic heterocycles. The number of sulfonamides is 1. The predicted octanol–water partition coefficient (Wildman–Crippen LogP) is 2.51. The van der Waals surface area contributed by atoms with Crippen molar-refractivity contribution in [1.29, 1.82) is 5.26 Å². The van der Waals surface area contributed by atoms with Crippen LogP contribution in [0.15, 0.2) is 47.4 Å². The van der Waals surface area contributed by atoms with E-state index < -0.39 is 20.7 Å². The lowest BCUT2D eigenvalue weighted by Gasteiger charge is -2.12. The van der Waals surface area contributed by atoms with Gasteiger partial charge in [-0.25, -0.2) is 12.8 Å². The number of anilines is 1. The molecule has 0 amide bonds. The van der Waals surface area contributed by atoms with Gasteiger partial charge >= 0.3 is 0 Å². The van der Waals surface area contributed by atoms with Crippen LogP contribution in [0.4, 0.5) is 10.1 Å². The molecule has 21 heavy (non-hydrogen) atoms. The van der Waals surface area contributed by atoms with Crippen LogP contribution in [-0.2, 0) is 10.0 Å². The van der Waals surface area contributed by atoms with Crippen LogP contribution in [0.25, 0.3) is 0 Å². The summed E-state index contributed by atoms with van der Waals surface area (Å²) in [6, 6.07) is 11.2. The highest BCUT2D eigenvalue weighted by Crippen LogP contribution is 2.28. The van der Waals surface area contributed by atoms with Crippen molar-refractivity contribution in [2.45, 2.75) is 4.90 Å². The molecule has 2 rings (SSSR count). The first-order chi connectivity index (χ1) is 9.97. The summed E-state index contributed by atoms with van der Waals surface area (Å²) in [5.41, 5.74) is 0.445. The van der Waals surface area contributed by atoms with Gasteiger partial charge in [-0.15, -0.1) is 0 Å². The van der Waals surface area contributed by atoms with Gasteiger partial charge in [0.1, 0.15) is 16.5 Å². The summed E-state index contributed by atoms with van der Waals surface area (Å²) in [5.74, 6) is -0.674. The monoisotopic (exact) mass is 306 g/mol. The third-order valence-corrected chi connectivity index (χ3v) is 4.10. The molecule has 0 saturated carbocycles. The fourth-order valence-electron chi connectivity index (χ4n) is 1.71. The van der Waals surface area contributed by atoms with Crippen molar-refractivity contribution in [2.24, 2.45) is 0 Å². The van der Waals surface area contributed by atoms with E-state index in [2.05, 4.69) is 4.72 Å². The number of benzene rings is 2. The summed E-state index contributed by atoms with van der Waals surface area (Å²) in [4.78, 5) is -0.462. The van der Waals surface area contributed by atoms with E-state index in [1.807, 2.05) is 6.07 Å². The van der Waals surface area contributed by atoms with Crippen molar-refractivity contribution in [1.82, 2.24) is 0 Å². The normalized spacial score (nSPS) is 10.7. The third kappa shape index (κ3) is 3.12. The zero-order valence-corrected chi connectivity index (χ0v) is 11.8. The van der Waals surface area contributed by atoms with E-state index in [0.717, 1.165) is 12.1 Å². The number of ether oxygens (including phenoxy) is 1. The molecule has 0 bridgehead atoms. The maximum atomic E-state index is 13.6. The lowest BCUT2D eigenvalue weighted by Crippen LogP contribution is -2.15. The van der Waals surface area contributed by atoms with E-state index in [4.69, 9.17) is 10.00 Å². The van der Waals surface area contributed by atoms with E-state index in [-0.39, 0.29) is 11.4 Å². The second-order valence-electron chi connectivity index (χ2n) is 4.06. The summed E-state index contributed by atoms with van der Waals surface area (Å²) in [5, 5.41) is 8.80. The summed E-state index contributed by atoms with van der Waals surface area (Å²) in [6.07, 6.45) is 0. The number of halogens is 1. The van der Waals surface area contributed by atoms with Gasteiger partial charge < -0.3 is 4.74 Å². The fraction of sp³-hybridized carbons (Fsp3) is 0.0714. The fourth-order valence-corrected chi connectivity index (χ4v) is 2.86. The largest absolute Gasteiger partial charge is 0.495 e. The van der Waals surface area contributed by atoms with Crippen molar-refractivity contribution < 1.29 is 17.5 Å². The summed E-state index contributed by atoms with van der Waals surface area (Å²) in [7, 11) is -2.74. The van der Waals surface area contributed by atoms with Gasteiger partial charge in [-0.2, -0.15) is 5.26 Å². The highest BCUT2D eigenvalue weighted by molar-refractivity contribution is 7.92. The van der Waals surface area contributed by atoms with Gasteiger partial charge in [0.2, 0.25) is 0 Å². The molecular formula is C14H11FN2O3S. The number of nitriles is 1. The molecule has 108 valence electrons. The third-order valence-electron chi connectivity index (χ3n) is 2.70. The number of rotatable bonds is 4. The number of methoxy groups -OCH3 is 1. The van der Waals surface area contributed by atoms with Gasteiger partial charge in [-0.05, 0) is 24.3 Å². The van der Waals surface area contributed by atoms with E-state index >= 15 is 0 Å². The van der Waals surface area contributed by atoms with E-state index in [0.29, 0.717) is 5.56 Å². The minimum atomic E-state index is -4.08. The molecule has 0 aliphatic carbocycles. The minimum absolute atomic E-state index is 0.125. The Morgan fingerprint density at radius 3 is 2.57 bits per heavy atom. The molecule has 0 saturated heterocycles. The van der Waals surface area contributed by atoms with Crippen LogP contribution < -0.4 is 9.46 Å². The van der Waals surface area contributed by atoms with Crippen LogP contribution in [-0.4, -0.2) is 15.5 Å². The number of nitrogens with one attached hydrogen (secondary N) is 1. The second kappa shape index (κ2) is 5.81. The average molecular weight is 306 g/mol. The van der Waals surface area contributed by atoms with Crippen LogP contribution >= 0.6 is 0 Å². The van der Waals surface area contributed by atoms with Crippen molar-refractivity contribution in [3.8, 4) is 11.8 Å². The van der Waals surface area contributed by atoms with Crippen LogP contribution in [0.2, 0.25) is 0 Å². The first-order valence-corrected chi connectivity index (χ1v) is 7.32. The molecule has 0 radical (unpaired) electrons. The first-order valence-electron chi connectivity index (χ1n) is 5.83. The molecule has 0 aromatic heterocycles. The Kier molecular flexibility index (Phi) is 4.10. The van der Waals surface area contributed by atoms with Crippen molar-refractivity contribution in [2.75, 3.05) is 11.8 Å². The zero-order chi connectivity index (χ0) is 15.5. The summed E-state index contributed by atoms with van der Waals surface area (Å²) >= 11 is 0. The van der Waals surface area contributed by atoms with Crippen molar-refractivity contribution >= 4 is 15.7 Å². The number of nitrogens with zero attached hydrogens (tertiary/aromatic N) is 1. The van der Waals surface area contributed by atoms with E-state index in [1.165, 1.54) is 37.4 Å². The molecule has 7 heteroatoms. The Morgan fingerprint density at radius 2 is 1.95 bits per heavy atom. The Hall–Kier alpha value is -2.59. The van der Waals surface area contributed by atoms with Crippen LogP contribution in [0.5, 0.6) is 5.75 Å². The molecule has 0 aliphatic rings. The number of hydrogen-bond acceptors (Lipinski definition) is 4. The SMILES string of the molecule is COc1cc(C#N)ccc1NS(=O)(=O)c1ccccc1F. The Morgan fingerprint density at radius 1 is 1.24 bits per heavy atom. The van der Waals surface area contributed by atoms with Gasteiger partial charge in [0.15, 0.2) is 0 Å². The molecular weight excluding hydrogens is 295 g/mol. The Bertz CT molecular complexity index is 813. The molecule has 0 spiro atoms. The predicted molar refractivity (Wildman–Crippen MR) is 74.9 cm³/mol. The second-order valence-corrected chi connectivity index (χ2v) is 5.71. The van der Waals surface area contributed by atoms with Gasteiger partial charge in [0.05, 0.1) is 24.4 Å². The van der Waals surface area contributed by atoms with Crippen LogP contribution in [0.3, 0.4) is 0 Å². The highest BCUT2D eigenvalue weighted by atomic mass is 32.2. The molecule has 5 nitrogen and oxygen atoms in total. The Labute approximate surface area is 121 Å². The highest BCUT2D eigenvalue weighted by Gasteiger charge is 2.20. The molecule has 0 fully saturated rings. The quantitative estimate of drug-likeness (QED) is 0.941. The van der Waals surface area contributed by atoms with Gasteiger partial charge in [0, 0.05) is 6.07 Å². The first kappa shape index (κ1) is 14.8. The topological polar surface area (TPSA) is 79.2 Å². The molecule has 2 aromatic rings. The van der Waals surface area contributed by atoms with Gasteiger partial charge in [0.25, 0.3) is 10.0 Å². The van der Waals surface area contributed by atoms with Gasteiger partial charge in [-0.1, -0.05) is 12.1 Å². The summed E-state index contributed by atoms with van der Waals surface area (Å²) in [6.45, 7) is 0. The van der Waals surface area contributed by atoms with Crippen molar-refractivity contribution in [3.05, 3.63) is 53.8 Å². The molecule has 0 heterocycles. The zero-order valence-electron chi connectivity index (χ0n) is 11.0. The minimum Gasteiger partial charge on any atom is -0.495 e. The van der Waals surface area contributed by atoms with Crippen LogP contribution in [0, 0.1) is 17.1 Å². The maximum Gasteiger partial charge on any atom is 0.264 e. The Balaban J connectivity index is 2.42. The van der Waals surface area contributed by atoms with Crippen molar-refractivity contribution in [3.63, 3.8) is 0 Å².